The first-order valence-corrected chi connectivity index (χ1v) is 14.1. The first-order chi connectivity index (χ1) is 15.0. The van der Waals surface area contributed by atoms with Gasteiger partial charge in [0, 0.05) is 55.6 Å². The molecule has 1 amide bonds. The smallest absolute Gasteiger partial charge is 0.410 e. The number of carbonyl (C=O) groups excluding carboxylic acids is 1. The van der Waals surface area contributed by atoms with Gasteiger partial charge in [0.05, 0.1) is 6.61 Å². The van der Waals surface area contributed by atoms with Crippen molar-refractivity contribution in [3.63, 3.8) is 0 Å². The molecular weight excluding hydrogens is 424 g/mol. The number of hydrogen-bond acceptors (Lipinski definition) is 5. The standard InChI is InChI=1S/C24H38N4O3S/c1-24(2,3)31-23(29)27-15-13-26(14-16-27)21-9-7-20(8-10-21)22-25-11-12-28(22)19-30-17-18-32(4,5)6/h7-12H,13-19H2,1-6H3. The first kappa shape index (κ1) is 24.5. The number of anilines is 1. The monoisotopic (exact) mass is 462 g/mol. The molecule has 32 heavy (non-hydrogen) atoms. The third-order valence-electron chi connectivity index (χ3n) is 5.21. The van der Waals surface area contributed by atoms with Crippen molar-refractivity contribution in [2.45, 2.75) is 33.1 Å². The predicted octanol–water partition coefficient (Wildman–Crippen LogP) is 4.28. The molecule has 1 aromatic heterocycles. The van der Waals surface area contributed by atoms with Gasteiger partial charge in [0.2, 0.25) is 0 Å². The Morgan fingerprint density at radius 2 is 1.72 bits per heavy atom. The van der Waals surface area contributed by atoms with Crippen LogP contribution in [0.2, 0.25) is 0 Å². The fourth-order valence-corrected chi connectivity index (χ4v) is 4.06. The number of amides is 1. The summed E-state index contributed by atoms with van der Waals surface area (Å²) in [7, 11) is -0.543. The van der Waals surface area contributed by atoms with Crippen LogP contribution in [0, 0.1) is 0 Å². The van der Waals surface area contributed by atoms with E-state index in [4.69, 9.17) is 9.47 Å². The minimum Gasteiger partial charge on any atom is -0.444 e. The van der Waals surface area contributed by atoms with E-state index < -0.39 is 15.6 Å². The van der Waals surface area contributed by atoms with Gasteiger partial charge in [-0.1, -0.05) is 0 Å². The van der Waals surface area contributed by atoms with Crippen molar-refractivity contribution in [2.75, 3.05) is 62.2 Å². The molecule has 2 heterocycles. The third-order valence-corrected chi connectivity index (χ3v) is 6.60. The van der Waals surface area contributed by atoms with E-state index >= 15 is 0 Å². The number of piperazine rings is 1. The minimum atomic E-state index is -0.543. The van der Waals surface area contributed by atoms with Crippen LogP contribution in [0.25, 0.3) is 11.4 Å². The molecule has 0 atom stereocenters. The van der Waals surface area contributed by atoms with Gasteiger partial charge in [-0.2, -0.15) is 0 Å². The lowest BCUT2D eigenvalue weighted by molar-refractivity contribution is 0.0240. The second-order valence-corrected chi connectivity index (χ2v) is 14.6. The number of rotatable bonds is 7. The lowest BCUT2D eigenvalue weighted by Gasteiger charge is -2.36. The molecule has 1 aliphatic rings. The molecule has 7 nitrogen and oxygen atoms in total. The van der Waals surface area contributed by atoms with Crippen LogP contribution >= 0.6 is 10.0 Å². The molecule has 8 heteroatoms. The molecular formula is C24H38N4O3S. The zero-order valence-corrected chi connectivity index (χ0v) is 21.2. The molecule has 0 bridgehead atoms. The Hall–Kier alpha value is -2.19. The summed E-state index contributed by atoms with van der Waals surface area (Å²) in [6.07, 6.45) is 10.5. The Morgan fingerprint density at radius 1 is 1.06 bits per heavy atom. The van der Waals surface area contributed by atoms with Crippen LogP contribution < -0.4 is 4.90 Å². The average Bonchev–Trinajstić information content (AvgIpc) is 3.18. The number of ether oxygens (including phenoxy) is 2. The molecule has 1 aromatic carbocycles. The number of imidazole rings is 1. The Labute approximate surface area is 194 Å². The van der Waals surface area contributed by atoms with Crippen LogP contribution in [0.15, 0.2) is 36.7 Å². The molecule has 0 saturated carbocycles. The fraction of sp³-hybridized carbons (Fsp3) is 0.583. The molecule has 0 radical (unpaired) electrons. The summed E-state index contributed by atoms with van der Waals surface area (Å²) in [5, 5.41) is 0. The van der Waals surface area contributed by atoms with Crippen molar-refractivity contribution >= 4 is 21.8 Å². The predicted molar refractivity (Wildman–Crippen MR) is 134 cm³/mol. The zero-order valence-electron chi connectivity index (χ0n) is 20.3. The number of benzene rings is 1. The van der Waals surface area contributed by atoms with Crippen molar-refractivity contribution in [1.29, 1.82) is 0 Å². The highest BCUT2D eigenvalue weighted by atomic mass is 32.3. The van der Waals surface area contributed by atoms with Gasteiger partial charge in [0.1, 0.15) is 18.2 Å². The van der Waals surface area contributed by atoms with Gasteiger partial charge in [0.15, 0.2) is 0 Å². The lowest BCUT2D eigenvalue weighted by atomic mass is 10.1. The first-order valence-electron chi connectivity index (χ1n) is 11.1. The quantitative estimate of drug-likeness (QED) is 0.575. The summed E-state index contributed by atoms with van der Waals surface area (Å²) >= 11 is 0. The van der Waals surface area contributed by atoms with Crippen LogP contribution in [-0.2, 0) is 16.2 Å². The Balaban J connectivity index is 1.54. The van der Waals surface area contributed by atoms with Gasteiger partial charge in [-0.25, -0.2) is 19.8 Å². The minimum absolute atomic E-state index is 0.231. The molecule has 1 fully saturated rings. The van der Waals surface area contributed by atoms with Crippen LogP contribution in [0.4, 0.5) is 10.5 Å². The second kappa shape index (κ2) is 10.2. The topological polar surface area (TPSA) is 59.8 Å². The third kappa shape index (κ3) is 7.17. The van der Waals surface area contributed by atoms with E-state index in [9.17, 15) is 4.79 Å². The molecule has 1 aliphatic heterocycles. The molecule has 1 saturated heterocycles. The number of aromatic nitrogens is 2. The van der Waals surface area contributed by atoms with Crippen molar-refractivity contribution in [2.24, 2.45) is 0 Å². The van der Waals surface area contributed by atoms with E-state index in [0.717, 1.165) is 42.5 Å². The van der Waals surface area contributed by atoms with E-state index in [1.54, 1.807) is 4.90 Å². The van der Waals surface area contributed by atoms with Gasteiger partial charge in [-0.05, 0) is 63.8 Å². The second-order valence-electron chi connectivity index (χ2n) is 10.1. The highest BCUT2D eigenvalue weighted by molar-refractivity contribution is 8.32. The molecule has 0 unspecified atom stereocenters. The van der Waals surface area contributed by atoms with E-state index in [0.29, 0.717) is 19.8 Å². The normalized spacial score (nSPS) is 15.7. The summed E-state index contributed by atoms with van der Waals surface area (Å²) in [6.45, 7) is 9.87. The SMILES string of the molecule is CC(C)(C)OC(=O)N1CCN(c2ccc(-c3nccn3COCCS(C)(C)C)cc2)CC1. The van der Waals surface area contributed by atoms with Crippen molar-refractivity contribution in [3.8, 4) is 11.4 Å². The molecule has 2 aromatic rings. The van der Waals surface area contributed by atoms with Crippen molar-refractivity contribution in [1.82, 2.24) is 14.5 Å². The summed E-state index contributed by atoms with van der Waals surface area (Å²) in [6, 6.07) is 8.46. The molecule has 178 valence electrons. The Morgan fingerprint density at radius 3 is 2.31 bits per heavy atom. The summed E-state index contributed by atoms with van der Waals surface area (Å²) in [5.41, 5.74) is 1.75. The van der Waals surface area contributed by atoms with Gasteiger partial charge in [-0.3, -0.25) is 0 Å². The Kier molecular flexibility index (Phi) is 7.77. The van der Waals surface area contributed by atoms with Crippen molar-refractivity contribution < 1.29 is 14.3 Å². The lowest BCUT2D eigenvalue weighted by Crippen LogP contribution is -2.50. The van der Waals surface area contributed by atoms with Crippen LogP contribution in [-0.4, -0.2) is 83.5 Å². The van der Waals surface area contributed by atoms with E-state index in [2.05, 4.69) is 52.9 Å². The van der Waals surface area contributed by atoms with Gasteiger partial charge < -0.3 is 23.8 Å². The molecule has 0 spiro atoms. The number of nitrogens with zero attached hydrogens (tertiary/aromatic N) is 4. The highest BCUT2D eigenvalue weighted by Gasteiger charge is 2.26. The maximum Gasteiger partial charge on any atom is 0.410 e. The largest absolute Gasteiger partial charge is 0.444 e. The molecule has 3 rings (SSSR count). The van der Waals surface area contributed by atoms with E-state index in [1.165, 1.54) is 0 Å². The maximum atomic E-state index is 12.3. The van der Waals surface area contributed by atoms with Crippen LogP contribution in [0.3, 0.4) is 0 Å². The number of hydrogen-bond donors (Lipinski definition) is 0. The molecule has 0 N–H and O–H groups in total. The van der Waals surface area contributed by atoms with Gasteiger partial charge in [-0.15, -0.1) is 0 Å². The van der Waals surface area contributed by atoms with Gasteiger partial charge >= 0.3 is 6.09 Å². The van der Waals surface area contributed by atoms with Gasteiger partial charge in [0.25, 0.3) is 0 Å². The highest BCUT2D eigenvalue weighted by Crippen LogP contribution is 2.33. The summed E-state index contributed by atoms with van der Waals surface area (Å²) in [4.78, 5) is 20.9. The maximum absolute atomic E-state index is 12.3. The van der Waals surface area contributed by atoms with E-state index in [-0.39, 0.29) is 6.09 Å². The van der Waals surface area contributed by atoms with Crippen molar-refractivity contribution in [3.05, 3.63) is 36.7 Å². The molecule has 0 aliphatic carbocycles. The summed E-state index contributed by atoms with van der Waals surface area (Å²) in [5.74, 6) is 2.02. The van der Waals surface area contributed by atoms with Crippen LogP contribution in [0.5, 0.6) is 0 Å². The fourth-order valence-electron chi connectivity index (χ4n) is 3.44. The summed E-state index contributed by atoms with van der Waals surface area (Å²) < 4.78 is 13.4. The van der Waals surface area contributed by atoms with E-state index in [1.807, 2.05) is 37.7 Å². The van der Waals surface area contributed by atoms with Crippen LogP contribution in [0.1, 0.15) is 20.8 Å². The average molecular weight is 463 g/mol. The zero-order chi connectivity index (χ0) is 23.4. The number of carbonyl (C=O) groups is 1. The Bertz CT molecular complexity index is 876.